The summed E-state index contributed by atoms with van der Waals surface area (Å²) in [6.45, 7) is 13.2. The summed E-state index contributed by atoms with van der Waals surface area (Å²) in [5.41, 5.74) is -0.354. The van der Waals surface area contributed by atoms with Crippen LogP contribution in [0.15, 0.2) is 12.4 Å². The van der Waals surface area contributed by atoms with Crippen LogP contribution in [-0.4, -0.2) is 40.8 Å². The Morgan fingerprint density at radius 3 is 2.45 bits per heavy atom. The summed E-state index contributed by atoms with van der Waals surface area (Å²) in [6.07, 6.45) is 2.71. The summed E-state index contributed by atoms with van der Waals surface area (Å²) in [4.78, 5) is 11.0. The van der Waals surface area contributed by atoms with Crippen molar-refractivity contribution in [1.82, 2.24) is 9.97 Å². The maximum atomic E-state index is 6.11. The molecule has 112 valence electrons. The zero-order valence-corrected chi connectivity index (χ0v) is 13.2. The lowest BCUT2D eigenvalue weighted by Crippen LogP contribution is -2.57. The van der Waals surface area contributed by atoms with Crippen LogP contribution in [-0.2, 0) is 4.74 Å². The zero-order valence-electron chi connectivity index (χ0n) is 13.2. The van der Waals surface area contributed by atoms with Gasteiger partial charge in [0, 0.05) is 25.7 Å². The Morgan fingerprint density at radius 2 is 1.85 bits per heavy atom. The second-order valence-electron chi connectivity index (χ2n) is 6.67. The number of nitrogens with one attached hydrogen (secondary N) is 1. The molecular formula is C15H26N4O. The van der Waals surface area contributed by atoms with Crippen molar-refractivity contribution in [1.29, 1.82) is 0 Å². The Balaban J connectivity index is 2.18. The molecule has 1 aromatic rings. The molecule has 1 aliphatic heterocycles. The molecule has 1 aromatic heterocycles. The van der Waals surface area contributed by atoms with Crippen molar-refractivity contribution in [3.8, 4) is 0 Å². The fourth-order valence-corrected chi connectivity index (χ4v) is 2.82. The van der Waals surface area contributed by atoms with Crippen molar-refractivity contribution in [3.05, 3.63) is 12.4 Å². The van der Waals surface area contributed by atoms with E-state index in [0.717, 1.165) is 37.7 Å². The highest BCUT2D eigenvalue weighted by Gasteiger charge is 2.38. The van der Waals surface area contributed by atoms with E-state index in [2.05, 4.69) is 54.8 Å². The molecule has 0 aliphatic carbocycles. The van der Waals surface area contributed by atoms with Crippen LogP contribution in [0.2, 0.25) is 0 Å². The Hall–Kier alpha value is -1.36. The average molecular weight is 278 g/mol. The second kappa shape index (κ2) is 5.56. The van der Waals surface area contributed by atoms with Gasteiger partial charge in [-0.15, -0.1) is 0 Å². The Morgan fingerprint density at radius 1 is 1.20 bits per heavy atom. The molecule has 1 saturated heterocycles. The van der Waals surface area contributed by atoms with Crippen LogP contribution >= 0.6 is 0 Å². The first-order valence-corrected chi connectivity index (χ1v) is 7.32. The Labute approximate surface area is 121 Å². The minimum Gasteiger partial charge on any atom is -0.370 e. The number of nitrogens with zero attached hydrogens (tertiary/aromatic N) is 3. The van der Waals surface area contributed by atoms with E-state index >= 15 is 0 Å². The molecule has 2 rings (SSSR count). The zero-order chi connectivity index (χ0) is 14.8. The minimum absolute atomic E-state index is 0.177. The largest absolute Gasteiger partial charge is 0.370 e. The number of rotatable bonds is 4. The highest BCUT2D eigenvalue weighted by atomic mass is 16.5. The number of morpholine rings is 1. The van der Waals surface area contributed by atoms with Crippen LogP contribution < -0.4 is 10.2 Å². The van der Waals surface area contributed by atoms with Crippen LogP contribution in [0, 0.1) is 0 Å². The molecule has 5 nitrogen and oxygen atoms in total. The second-order valence-corrected chi connectivity index (χ2v) is 6.67. The van der Waals surface area contributed by atoms with E-state index < -0.39 is 0 Å². The minimum atomic E-state index is -0.177. The Bertz CT molecular complexity index is 443. The monoisotopic (exact) mass is 278 g/mol. The molecule has 1 fully saturated rings. The lowest BCUT2D eigenvalue weighted by atomic mass is 9.99. The van der Waals surface area contributed by atoms with E-state index in [0.29, 0.717) is 0 Å². The highest BCUT2D eigenvalue weighted by molar-refractivity contribution is 5.49. The van der Waals surface area contributed by atoms with E-state index in [4.69, 9.17) is 4.74 Å². The molecule has 0 amide bonds. The summed E-state index contributed by atoms with van der Waals surface area (Å²) in [6, 6.07) is 2.02. The number of hydrogen-bond donors (Lipinski definition) is 1. The molecule has 0 bridgehead atoms. The van der Waals surface area contributed by atoms with Crippen molar-refractivity contribution in [2.45, 2.75) is 52.2 Å². The molecule has 0 unspecified atom stereocenters. The molecule has 0 aromatic carbocycles. The van der Waals surface area contributed by atoms with Gasteiger partial charge in [-0.2, -0.15) is 0 Å². The van der Waals surface area contributed by atoms with Crippen LogP contribution in [0.3, 0.4) is 0 Å². The predicted octanol–water partition coefficient (Wildman–Crippen LogP) is 2.69. The lowest BCUT2D eigenvalue weighted by Gasteiger charge is -2.47. The molecule has 1 N–H and O–H groups in total. The van der Waals surface area contributed by atoms with Crippen molar-refractivity contribution in [2.75, 3.05) is 29.9 Å². The van der Waals surface area contributed by atoms with Gasteiger partial charge >= 0.3 is 0 Å². The summed E-state index contributed by atoms with van der Waals surface area (Å²) >= 11 is 0. The molecule has 0 spiro atoms. The number of anilines is 2. The summed E-state index contributed by atoms with van der Waals surface area (Å²) in [5, 5.41) is 3.31. The SMILES string of the molecule is CCCNc1cc(N2CC(C)(C)OC(C)(C)C2)ncn1. The first kappa shape index (κ1) is 15.0. The van der Waals surface area contributed by atoms with E-state index in [9.17, 15) is 0 Å². The van der Waals surface area contributed by atoms with Gasteiger partial charge in [-0.25, -0.2) is 9.97 Å². The lowest BCUT2D eigenvalue weighted by molar-refractivity contribution is -0.133. The quantitative estimate of drug-likeness (QED) is 0.917. The molecule has 0 atom stereocenters. The normalized spacial score (nSPS) is 20.8. The van der Waals surface area contributed by atoms with Gasteiger partial charge < -0.3 is 15.0 Å². The predicted molar refractivity (Wildman–Crippen MR) is 82.3 cm³/mol. The molecule has 5 heteroatoms. The van der Waals surface area contributed by atoms with Crippen LogP contribution in [0.1, 0.15) is 41.0 Å². The number of hydrogen-bond acceptors (Lipinski definition) is 5. The molecule has 0 radical (unpaired) electrons. The van der Waals surface area contributed by atoms with Crippen LogP contribution in [0.5, 0.6) is 0 Å². The summed E-state index contributed by atoms with van der Waals surface area (Å²) in [5.74, 6) is 1.85. The van der Waals surface area contributed by atoms with Gasteiger partial charge in [0.1, 0.15) is 18.0 Å². The first-order chi connectivity index (χ1) is 9.31. The first-order valence-electron chi connectivity index (χ1n) is 7.32. The van der Waals surface area contributed by atoms with Crippen LogP contribution in [0.25, 0.3) is 0 Å². The molecule has 0 saturated carbocycles. The van der Waals surface area contributed by atoms with Gasteiger partial charge in [0.2, 0.25) is 0 Å². The maximum Gasteiger partial charge on any atom is 0.134 e. The standard InChI is InChI=1S/C15H26N4O/c1-6-7-16-12-8-13(18-11-17-12)19-9-14(2,3)20-15(4,5)10-19/h8,11H,6-7,9-10H2,1-5H3,(H,16,17,18). The van der Waals surface area contributed by atoms with Crippen LogP contribution in [0.4, 0.5) is 11.6 Å². The van der Waals surface area contributed by atoms with Crippen molar-refractivity contribution in [2.24, 2.45) is 0 Å². The van der Waals surface area contributed by atoms with E-state index in [1.165, 1.54) is 0 Å². The van der Waals surface area contributed by atoms with Gasteiger partial charge in [-0.05, 0) is 34.1 Å². The summed E-state index contributed by atoms with van der Waals surface area (Å²) in [7, 11) is 0. The molecule has 1 aliphatic rings. The highest BCUT2D eigenvalue weighted by Crippen LogP contribution is 2.30. The van der Waals surface area contributed by atoms with Gasteiger partial charge in [0.15, 0.2) is 0 Å². The third-order valence-electron chi connectivity index (χ3n) is 3.23. The molecule has 20 heavy (non-hydrogen) atoms. The van der Waals surface area contributed by atoms with Gasteiger partial charge in [-0.3, -0.25) is 0 Å². The fourth-order valence-electron chi connectivity index (χ4n) is 2.82. The maximum absolute atomic E-state index is 6.11. The van der Waals surface area contributed by atoms with Gasteiger partial charge in [-0.1, -0.05) is 6.92 Å². The van der Waals surface area contributed by atoms with E-state index in [1.807, 2.05) is 6.07 Å². The third kappa shape index (κ3) is 3.82. The van der Waals surface area contributed by atoms with Crippen molar-refractivity contribution in [3.63, 3.8) is 0 Å². The number of aromatic nitrogens is 2. The number of ether oxygens (including phenoxy) is 1. The average Bonchev–Trinajstić information content (AvgIpc) is 2.33. The smallest absolute Gasteiger partial charge is 0.134 e. The molecular weight excluding hydrogens is 252 g/mol. The topological polar surface area (TPSA) is 50.3 Å². The fraction of sp³-hybridized carbons (Fsp3) is 0.733. The Kier molecular flexibility index (Phi) is 4.18. The van der Waals surface area contributed by atoms with E-state index in [1.54, 1.807) is 6.33 Å². The van der Waals surface area contributed by atoms with E-state index in [-0.39, 0.29) is 11.2 Å². The van der Waals surface area contributed by atoms with Crippen molar-refractivity contribution < 1.29 is 4.74 Å². The van der Waals surface area contributed by atoms with Gasteiger partial charge in [0.05, 0.1) is 11.2 Å². The molecule has 2 heterocycles. The summed E-state index contributed by atoms with van der Waals surface area (Å²) < 4.78 is 6.11. The van der Waals surface area contributed by atoms with Gasteiger partial charge in [0.25, 0.3) is 0 Å². The van der Waals surface area contributed by atoms with Crippen molar-refractivity contribution >= 4 is 11.6 Å². The third-order valence-corrected chi connectivity index (χ3v) is 3.23.